The normalized spacial score (nSPS) is 18.3. The molecule has 2 rings (SSSR count). The molecule has 0 aliphatic carbocycles. The van der Waals surface area contributed by atoms with E-state index in [1.807, 2.05) is 5.38 Å². The van der Waals surface area contributed by atoms with E-state index >= 15 is 0 Å². The van der Waals surface area contributed by atoms with E-state index in [2.05, 4.69) is 5.32 Å². The van der Waals surface area contributed by atoms with Crippen molar-refractivity contribution in [2.45, 2.75) is 18.9 Å². The Kier molecular flexibility index (Phi) is 4.16. The number of likely N-dealkylation sites (tertiary alicyclic amines) is 1. The van der Waals surface area contributed by atoms with Crippen molar-refractivity contribution in [2.24, 2.45) is 0 Å². The maximum absolute atomic E-state index is 12.2. The molecule has 0 spiro atoms. The van der Waals surface area contributed by atoms with Crippen molar-refractivity contribution in [2.75, 3.05) is 13.1 Å². The molecule has 102 valence electrons. The van der Waals surface area contributed by atoms with Crippen molar-refractivity contribution >= 4 is 29.1 Å². The number of carboxylic acids is 1. The van der Waals surface area contributed by atoms with Crippen LogP contribution in [0.2, 0.25) is 0 Å². The fraction of sp³-hybridized carbons (Fsp3) is 0.417. The molecule has 1 aliphatic rings. The largest absolute Gasteiger partial charge is 0.480 e. The molecule has 1 fully saturated rings. The summed E-state index contributed by atoms with van der Waals surface area (Å²) in [6.45, 7) is 0.109. The molecule has 7 heteroatoms. The molecule has 0 radical (unpaired) electrons. The monoisotopic (exact) mass is 282 g/mol. The molecule has 6 nitrogen and oxygen atoms in total. The van der Waals surface area contributed by atoms with Gasteiger partial charge in [-0.05, 0) is 24.3 Å². The van der Waals surface area contributed by atoms with Crippen molar-refractivity contribution < 1.29 is 19.5 Å². The van der Waals surface area contributed by atoms with Gasteiger partial charge in [0.2, 0.25) is 5.91 Å². The molecule has 1 saturated heterocycles. The van der Waals surface area contributed by atoms with Crippen LogP contribution in [0.25, 0.3) is 0 Å². The zero-order valence-corrected chi connectivity index (χ0v) is 11.0. The number of carboxylic acid groups (broad SMARTS) is 1. The van der Waals surface area contributed by atoms with Gasteiger partial charge in [-0.1, -0.05) is 6.07 Å². The molecule has 2 heterocycles. The van der Waals surface area contributed by atoms with Crippen molar-refractivity contribution in [3.8, 4) is 0 Å². The van der Waals surface area contributed by atoms with E-state index < -0.39 is 24.5 Å². The number of thiophene rings is 1. The SMILES string of the molecule is O=C(O)CNC(=O)[C@@H]1CCCN1C(=O)c1cccs1. The summed E-state index contributed by atoms with van der Waals surface area (Å²) in [6, 6.07) is 2.94. The molecule has 0 unspecified atom stereocenters. The molecular weight excluding hydrogens is 268 g/mol. The van der Waals surface area contributed by atoms with Gasteiger partial charge in [-0.15, -0.1) is 11.3 Å². The number of amides is 2. The maximum atomic E-state index is 12.2. The summed E-state index contributed by atoms with van der Waals surface area (Å²) in [6.07, 6.45) is 1.32. The van der Waals surface area contributed by atoms with Gasteiger partial charge in [0.05, 0.1) is 4.88 Å². The lowest BCUT2D eigenvalue weighted by atomic mass is 10.2. The first-order chi connectivity index (χ1) is 9.09. The summed E-state index contributed by atoms with van der Waals surface area (Å²) in [7, 11) is 0. The van der Waals surface area contributed by atoms with E-state index in [1.165, 1.54) is 16.2 Å². The van der Waals surface area contributed by atoms with E-state index in [4.69, 9.17) is 5.11 Å². The van der Waals surface area contributed by atoms with Gasteiger partial charge in [-0.2, -0.15) is 0 Å². The number of carbonyl (C=O) groups is 3. The van der Waals surface area contributed by atoms with E-state index in [1.54, 1.807) is 12.1 Å². The number of aliphatic carboxylic acids is 1. The third-order valence-electron chi connectivity index (χ3n) is 2.96. The minimum atomic E-state index is -1.09. The molecule has 1 aromatic heterocycles. The zero-order chi connectivity index (χ0) is 13.8. The molecule has 2 amide bonds. The Balaban J connectivity index is 2.02. The van der Waals surface area contributed by atoms with Crippen LogP contribution in [0.4, 0.5) is 0 Å². The van der Waals surface area contributed by atoms with Crippen LogP contribution in [0.3, 0.4) is 0 Å². The number of rotatable bonds is 4. The molecule has 1 atom stereocenters. The Morgan fingerprint density at radius 1 is 1.47 bits per heavy atom. The maximum Gasteiger partial charge on any atom is 0.322 e. The van der Waals surface area contributed by atoms with Crippen molar-refractivity contribution in [3.05, 3.63) is 22.4 Å². The summed E-state index contributed by atoms with van der Waals surface area (Å²) in [5, 5.41) is 12.7. The smallest absolute Gasteiger partial charge is 0.322 e. The van der Waals surface area contributed by atoms with E-state index in [9.17, 15) is 14.4 Å². The topological polar surface area (TPSA) is 86.7 Å². The Hall–Kier alpha value is -1.89. The van der Waals surface area contributed by atoms with Gasteiger partial charge >= 0.3 is 5.97 Å². The van der Waals surface area contributed by atoms with Gasteiger partial charge in [-0.3, -0.25) is 14.4 Å². The second kappa shape index (κ2) is 5.83. The Morgan fingerprint density at radius 2 is 2.26 bits per heavy atom. The summed E-state index contributed by atoms with van der Waals surface area (Å²) < 4.78 is 0. The molecule has 2 N–H and O–H groups in total. The summed E-state index contributed by atoms with van der Waals surface area (Å²) in [5.74, 6) is -1.66. The molecule has 1 aromatic rings. The van der Waals surface area contributed by atoms with Crippen LogP contribution >= 0.6 is 11.3 Å². The van der Waals surface area contributed by atoms with Crippen LogP contribution in [-0.4, -0.2) is 46.9 Å². The van der Waals surface area contributed by atoms with Gasteiger partial charge < -0.3 is 15.3 Å². The number of hydrogen-bond acceptors (Lipinski definition) is 4. The average Bonchev–Trinajstić information content (AvgIpc) is 3.05. The first-order valence-corrected chi connectivity index (χ1v) is 6.81. The third kappa shape index (κ3) is 3.11. The van der Waals surface area contributed by atoms with Crippen LogP contribution in [-0.2, 0) is 9.59 Å². The molecular formula is C12H14N2O4S. The first kappa shape index (κ1) is 13.5. The van der Waals surface area contributed by atoms with Gasteiger partial charge in [0.1, 0.15) is 12.6 Å². The van der Waals surface area contributed by atoms with Crippen LogP contribution < -0.4 is 5.32 Å². The summed E-state index contributed by atoms with van der Waals surface area (Å²) in [5.41, 5.74) is 0. The van der Waals surface area contributed by atoms with Gasteiger partial charge in [0.15, 0.2) is 0 Å². The van der Waals surface area contributed by atoms with Crippen LogP contribution in [0.5, 0.6) is 0 Å². The highest BCUT2D eigenvalue weighted by Crippen LogP contribution is 2.22. The van der Waals surface area contributed by atoms with Crippen molar-refractivity contribution in [1.82, 2.24) is 10.2 Å². The molecule has 0 aromatic carbocycles. The van der Waals surface area contributed by atoms with Crippen LogP contribution in [0, 0.1) is 0 Å². The van der Waals surface area contributed by atoms with Crippen molar-refractivity contribution in [1.29, 1.82) is 0 Å². The lowest BCUT2D eigenvalue weighted by Gasteiger charge is -2.23. The highest BCUT2D eigenvalue weighted by Gasteiger charge is 2.34. The van der Waals surface area contributed by atoms with Crippen LogP contribution in [0.1, 0.15) is 22.5 Å². The Bertz CT molecular complexity index is 486. The van der Waals surface area contributed by atoms with Crippen molar-refractivity contribution in [3.63, 3.8) is 0 Å². The number of nitrogens with one attached hydrogen (secondary N) is 1. The second-order valence-corrected chi connectivity index (χ2v) is 5.19. The quantitative estimate of drug-likeness (QED) is 0.844. The summed E-state index contributed by atoms with van der Waals surface area (Å²) in [4.78, 5) is 36.6. The van der Waals surface area contributed by atoms with Gasteiger partial charge in [-0.25, -0.2) is 0 Å². The zero-order valence-electron chi connectivity index (χ0n) is 10.2. The minimum absolute atomic E-state index is 0.164. The standard InChI is InChI=1S/C12H14N2O4S/c15-10(16)7-13-11(17)8-3-1-5-14(8)12(18)9-4-2-6-19-9/h2,4,6,8H,1,3,5,7H2,(H,13,17)(H,15,16)/t8-/m0/s1. The minimum Gasteiger partial charge on any atom is -0.480 e. The van der Waals surface area contributed by atoms with E-state index in [0.29, 0.717) is 17.8 Å². The Morgan fingerprint density at radius 3 is 2.89 bits per heavy atom. The molecule has 19 heavy (non-hydrogen) atoms. The molecule has 0 saturated carbocycles. The lowest BCUT2D eigenvalue weighted by Crippen LogP contribution is -2.46. The first-order valence-electron chi connectivity index (χ1n) is 5.93. The highest BCUT2D eigenvalue weighted by molar-refractivity contribution is 7.12. The highest BCUT2D eigenvalue weighted by atomic mass is 32.1. The van der Waals surface area contributed by atoms with E-state index in [0.717, 1.165) is 6.42 Å². The lowest BCUT2D eigenvalue weighted by molar-refractivity contribution is -0.138. The predicted molar refractivity (Wildman–Crippen MR) is 69.0 cm³/mol. The fourth-order valence-corrected chi connectivity index (χ4v) is 2.78. The second-order valence-electron chi connectivity index (χ2n) is 4.25. The number of carbonyl (C=O) groups excluding carboxylic acids is 2. The summed E-state index contributed by atoms with van der Waals surface area (Å²) >= 11 is 1.33. The Labute approximate surface area is 114 Å². The van der Waals surface area contributed by atoms with Gasteiger partial charge in [0.25, 0.3) is 5.91 Å². The molecule has 1 aliphatic heterocycles. The average molecular weight is 282 g/mol. The third-order valence-corrected chi connectivity index (χ3v) is 3.82. The fourth-order valence-electron chi connectivity index (χ4n) is 2.10. The molecule has 0 bridgehead atoms. The van der Waals surface area contributed by atoms with E-state index in [-0.39, 0.29) is 5.91 Å². The van der Waals surface area contributed by atoms with Gasteiger partial charge in [0, 0.05) is 6.54 Å². The number of nitrogens with zero attached hydrogens (tertiary/aromatic N) is 1. The predicted octanol–water partition coefficient (Wildman–Crippen LogP) is 0.554. The van der Waals surface area contributed by atoms with Crippen LogP contribution in [0.15, 0.2) is 17.5 Å². The number of hydrogen-bond donors (Lipinski definition) is 2.